The van der Waals surface area contributed by atoms with Gasteiger partial charge in [-0.15, -0.1) is 12.4 Å². The van der Waals surface area contributed by atoms with E-state index in [1.54, 1.807) is 12.1 Å². The summed E-state index contributed by atoms with van der Waals surface area (Å²) in [5.41, 5.74) is 1.51. The first kappa shape index (κ1) is 20.9. The Morgan fingerprint density at radius 3 is 2.33 bits per heavy atom. The Bertz CT molecular complexity index is 719. The van der Waals surface area contributed by atoms with Crippen LogP contribution in [0.2, 0.25) is 0 Å². The predicted octanol–water partition coefficient (Wildman–Crippen LogP) is 2.84. The molecule has 2 aromatic rings. The smallest absolute Gasteiger partial charge is 0.251 e. The number of hydrogen-bond donors (Lipinski definition) is 3. The second-order valence-corrected chi connectivity index (χ2v) is 6.62. The third-order valence-electron chi connectivity index (χ3n) is 4.59. The number of carbonyl (C=O) groups is 2. The van der Waals surface area contributed by atoms with Crippen molar-refractivity contribution >= 4 is 24.2 Å². The van der Waals surface area contributed by atoms with E-state index >= 15 is 0 Å². The number of benzene rings is 2. The molecule has 1 aliphatic heterocycles. The zero-order valence-electron chi connectivity index (χ0n) is 15.2. The average Bonchev–Trinajstić information content (AvgIpc) is 2.69. The van der Waals surface area contributed by atoms with Gasteiger partial charge >= 0.3 is 0 Å². The predicted molar refractivity (Wildman–Crippen MR) is 109 cm³/mol. The van der Waals surface area contributed by atoms with Gasteiger partial charge in [0.1, 0.15) is 0 Å². The lowest BCUT2D eigenvalue weighted by atomic mass is 10.0. The first-order valence-corrected chi connectivity index (χ1v) is 9.13. The van der Waals surface area contributed by atoms with Gasteiger partial charge in [-0.1, -0.05) is 48.5 Å². The van der Waals surface area contributed by atoms with Crippen LogP contribution in [0.4, 0.5) is 0 Å². The summed E-state index contributed by atoms with van der Waals surface area (Å²) in [7, 11) is 0. The van der Waals surface area contributed by atoms with Crippen LogP contribution in [0, 0.1) is 0 Å². The molecule has 1 saturated heterocycles. The number of rotatable bonds is 6. The molecule has 1 fully saturated rings. The van der Waals surface area contributed by atoms with E-state index in [1.165, 1.54) is 0 Å². The van der Waals surface area contributed by atoms with Crippen LogP contribution in [0.1, 0.15) is 41.2 Å². The van der Waals surface area contributed by atoms with Crippen LogP contribution in [0.5, 0.6) is 0 Å². The van der Waals surface area contributed by atoms with Crippen LogP contribution in [0.3, 0.4) is 0 Å². The van der Waals surface area contributed by atoms with Gasteiger partial charge in [0.05, 0.1) is 12.5 Å². The van der Waals surface area contributed by atoms with Crippen molar-refractivity contribution in [2.24, 2.45) is 0 Å². The highest BCUT2D eigenvalue weighted by molar-refractivity contribution is 5.94. The van der Waals surface area contributed by atoms with E-state index in [-0.39, 0.29) is 42.7 Å². The van der Waals surface area contributed by atoms with Crippen LogP contribution in [0.25, 0.3) is 0 Å². The SMILES string of the molecule is Cl.O=C(CC(NC(=O)c1ccccc1)c1ccccc1)N[C@H]1CCCNC1. The van der Waals surface area contributed by atoms with Gasteiger partial charge in [0.2, 0.25) is 5.91 Å². The molecule has 3 rings (SSSR count). The summed E-state index contributed by atoms with van der Waals surface area (Å²) in [5.74, 6) is -0.215. The summed E-state index contributed by atoms with van der Waals surface area (Å²) in [6.07, 6.45) is 2.28. The second-order valence-electron chi connectivity index (χ2n) is 6.62. The molecule has 0 saturated carbocycles. The molecule has 2 amide bonds. The van der Waals surface area contributed by atoms with Crippen molar-refractivity contribution in [3.8, 4) is 0 Å². The zero-order valence-corrected chi connectivity index (χ0v) is 16.0. The van der Waals surface area contributed by atoms with Gasteiger partial charge in [-0.3, -0.25) is 9.59 Å². The Balaban J connectivity index is 0.00000261. The number of halogens is 1. The monoisotopic (exact) mass is 387 g/mol. The minimum atomic E-state index is -0.361. The summed E-state index contributed by atoms with van der Waals surface area (Å²) in [5, 5.41) is 9.38. The van der Waals surface area contributed by atoms with Crippen molar-refractivity contribution in [1.29, 1.82) is 0 Å². The molecule has 0 aromatic heterocycles. The van der Waals surface area contributed by atoms with E-state index in [0.29, 0.717) is 5.56 Å². The highest BCUT2D eigenvalue weighted by Crippen LogP contribution is 2.18. The molecule has 2 atom stereocenters. The van der Waals surface area contributed by atoms with Crippen molar-refractivity contribution in [1.82, 2.24) is 16.0 Å². The number of piperidine rings is 1. The van der Waals surface area contributed by atoms with E-state index in [9.17, 15) is 9.59 Å². The topological polar surface area (TPSA) is 70.2 Å². The van der Waals surface area contributed by atoms with E-state index < -0.39 is 0 Å². The van der Waals surface area contributed by atoms with Crippen molar-refractivity contribution in [3.63, 3.8) is 0 Å². The largest absolute Gasteiger partial charge is 0.352 e. The van der Waals surface area contributed by atoms with Gasteiger partial charge in [0, 0.05) is 18.2 Å². The van der Waals surface area contributed by atoms with Crippen molar-refractivity contribution in [2.75, 3.05) is 13.1 Å². The fourth-order valence-corrected chi connectivity index (χ4v) is 3.22. The lowest BCUT2D eigenvalue weighted by Crippen LogP contribution is -2.46. The molecule has 0 aliphatic carbocycles. The third-order valence-corrected chi connectivity index (χ3v) is 4.59. The quantitative estimate of drug-likeness (QED) is 0.713. The third kappa shape index (κ3) is 6.38. The molecule has 3 N–H and O–H groups in total. The van der Waals surface area contributed by atoms with E-state index in [1.807, 2.05) is 48.5 Å². The molecule has 1 heterocycles. The Morgan fingerprint density at radius 1 is 1.04 bits per heavy atom. The molecule has 27 heavy (non-hydrogen) atoms. The molecule has 1 unspecified atom stereocenters. The molecule has 0 radical (unpaired) electrons. The van der Waals surface area contributed by atoms with Gasteiger partial charge in [0.15, 0.2) is 0 Å². The summed E-state index contributed by atoms with van der Waals surface area (Å²) in [6, 6.07) is 18.5. The van der Waals surface area contributed by atoms with Crippen molar-refractivity contribution in [3.05, 3.63) is 71.8 Å². The fourth-order valence-electron chi connectivity index (χ4n) is 3.22. The molecular weight excluding hydrogens is 362 g/mol. The van der Waals surface area contributed by atoms with E-state index in [2.05, 4.69) is 16.0 Å². The Labute approximate surface area is 166 Å². The molecular formula is C21H26ClN3O2. The van der Waals surface area contributed by atoms with Gasteiger partial charge in [-0.2, -0.15) is 0 Å². The number of hydrogen-bond acceptors (Lipinski definition) is 3. The van der Waals surface area contributed by atoms with Crippen LogP contribution in [0.15, 0.2) is 60.7 Å². The second kappa shape index (κ2) is 10.7. The van der Waals surface area contributed by atoms with E-state index in [0.717, 1.165) is 31.5 Å². The maximum absolute atomic E-state index is 12.5. The molecule has 5 nitrogen and oxygen atoms in total. The maximum Gasteiger partial charge on any atom is 0.251 e. The molecule has 1 aliphatic rings. The number of amides is 2. The molecule has 0 spiro atoms. The summed E-state index contributed by atoms with van der Waals surface area (Å²) in [6.45, 7) is 1.81. The van der Waals surface area contributed by atoms with Gasteiger partial charge < -0.3 is 16.0 Å². The normalized spacial score (nSPS) is 17.3. The van der Waals surface area contributed by atoms with Crippen LogP contribution in [-0.4, -0.2) is 30.9 Å². The zero-order chi connectivity index (χ0) is 18.2. The van der Waals surface area contributed by atoms with Gasteiger partial charge in [-0.05, 0) is 37.1 Å². The average molecular weight is 388 g/mol. The molecule has 0 bridgehead atoms. The minimum absolute atomic E-state index is 0. The van der Waals surface area contributed by atoms with Crippen LogP contribution in [-0.2, 0) is 4.79 Å². The fraction of sp³-hybridized carbons (Fsp3) is 0.333. The summed E-state index contributed by atoms with van der Waals surface area (Å²) < 4.78 is 0. The van der Waals surface area contributed by atoms with E-state index in [4.69, 9.17) is 0 Å². The Kier molecular flexibility index (Phi) is 8.30. The minimum Gasteiger partial charge on any atom is -0.352 e. The number of carbonyl (C=O) groups excluding carboxylic acids is 2. The first-order chi connectivity index (χ1) is 12.7. The Hall–Kier alpha value is -2.37. The van der Waals surface area contributed by atoms with Crippen LogP contribution < -0.4 is 16.0 Å². The molecule has 6 heteroatoms. The standard InChI is InChI=1S/C21H25N3O2.ClH/c25-20(23-18-12-7-13-22-15-18)14-19(16-8-3-1-4-9-16)24-21(26)17-10-5-2-6-11-17;/h1-6,8-11,18-19,22H,7,12-15H2,(H,23,25)(H,24,26);1H/t18-,19?;/m0./s1. The summed E-state index contributed by atoms with van der Waals surface area (Å²) in [4.78, 5) is 25.1. The highest BCUT2D eigenvalue weighted by Gasteiger charge is 2.21. The van der Waals surface area contributed by atoms with Crippen molar-refractivity contribution in [2.45, 2.75) is 31.3 Å². The number of nitrogens with one attached hydrogen (secondary N) is 3. The van der Waals surface area contributed by atoms with Gasteiger partial charge in [-0.25, -0.2) is 0 Å². The lowest BCUT2D eigenvalue weighted by molar-refractivity contribution is -0.122. The Morgan fingerprint density at radius 2 is 1.70 bits per heavy atom. The first-order valence-electron chi connectivity index (χ1n) is 9.13. The summed E-state index contributed by atoms with van der Waals surface area (Å²) >= 11 is 0. The van der Waals surface area contributed by atoms with Gasteiger partial charge in [0.25, 0.3) is 5.91 Å². The molecule has 2 aromatic carbocycles. The van der Waals surface area contributed by atoms with Crippen molar-refractivity contribution < 1.29 is 9.59 Å². The molecule has 144 valence electrons. The maximum atomic E-state index is 12.5. The lowest BCUT2D eigenvalue weighted by Gasteiger charge is -2.25. The highest BCUT2D eigenvalue weighted by atomic mass is 35.5. The van der Waals surface area contributed by atoms with Crippen LogP contribution >= 0.6 is 12.4 Å².